The summed E-state index contributed by atoms with van der Waals surface area (Å²) in [6, 6.07) is 12.5. The molecule has 1 heterocycles. The predicted octanol–water partition coefficient (Wildman–Crippen LogP) is 2.02. The molecule has 0 radical (unpaired) electrons. The van der Waals surface area contributed by atoms with Crippen molar-refractivity contribution in [3.05, 3.63) is 65.2 Å². The van der Waals surface area contributed by atoms with E-state index in [0.29, 0.717) is 4.31 Å². The van der Waals surface area contributed by atoms with Crippen LogP contribution >= 0.6 is 0 Å². The lowest BCUT2D eigenvalue weighted by molar-refractivity contribution is 0.0803. The molecule has 0 aliphatic carbocycles. The molecule has 1 aliphatic heterocycles. The van der Waals surface area contributed by atoms with Gasteiger partial charge < -0.3 is 0 Å². The first-order chi connectivity index (χ1) is 10.4. The van der Waals surface area contributed by atoms with Crippen LogP contribution in [-0.2, 0) is 10.0 Å². The van der Waals surface area contributed by atoms with E-state index in [2.05, 4.69) is 0 Å². The summed E-state index contributed by atoms with van der Waals surface area (Å²) in [6.45, 7) is 1.40. The third-order valence-electron chi connectivity index (χ3n) is 3.57. The van der Waals surface area contributed by atoms with Crippen LogP contribution in [0.2, 0.25) is 0 Å². The summed E-state index contributed by atoms with van der Waals surface area (Å²) >= 11 is 0. The van der Waals surface area contributed by atoms with E-state index in [1.54, 1.807) is 30.3 Å². The van der Waals surface area contributed by atoms with Gasteiger partial charge in [0.1, 0.15) is 6.54 Å². The number of sulfonamides is 1. The second-order valence-corrected chi connectivity index (χ2v) is 6.93. The van der Waals surface area contributed by atoms with Crippen molar-refractivity contribution in [3.63, 3.8) is 0 Å². The van der Waals surface area contributed by atoms with Gasteiger partial charge in [-0.1, -0.05) is 29.8 Å². The first-order valence-corrected chi connectivity index (χ1v) is 8.11. The van der Waals surface area contributed by atoms with E-state index >= 15 is 0 Å². The minimum Gasteiger partial charge on any atom is -0.292 e. The van der Waals surface area contributed by atoms with Crippen LogP contribution in [0.1, 0.15) is 26.3 Å². The lowest BCUT2D eigenvalue weighted by atomic mass is 10.1. The quantitative estimate of drug-likeness (QED) is 0.807. The first-order valence-electron chi connectivity index (χ1n) is 6.67. The number of carbonyl (C=O) groups is 2. The van der Waals surface area contributed by atoms with Gasteiger partial charge in [0, 0.05) is 11.1 Å². The molecule has 2 aromatic rings. The number of Topliss-reactive ketones (excluding diaryl/α,β-unsaturated/α-hetero) is 1. The SMILES string of the molecule is Cc1ccc(C(=O)N2CC(=O)c3ccccc3S2(=O)=O)cc1. The molecule has 0 saturated carbocycles. The zero-order chi connectivity index (χ0) is 15.9. The Bertz CT molecular complexity index is 869. The highest BCUT2D eigenvalue weighted by atomic mass is 32.2. The average molecular weight is 315 g/mol. The lowest BCUT2D eigenvalue weighted by Gasteiger charge is -2.27. The van der Waals surface area contributed by atoms with Crippen molar-refractivity contribution in [1.82, 2.24) is 4.31 Å². The summed E-state index contributed by atoms with van der Waals surface area (Å²) in [7, 11) is -4.01. The maximum absolute atomic E-state index is 12.6. The van der Waals surface area contributed by atoms with Gasteiger partial charge in [-0.2, -0.15) is 0 Å². The van der Waals surface area contributed by atoms with E-state index in [0.717, 1.165) is 5.56 Å². The fourth-order valence-corrected chi connectivity index (χ4v) is 3.92. The highest BCUT2D eigenvalue weighted by Crippen LogP contribution is 2.27. The van der Waals surface area contributed by atoms with Crippen LogP contribution in [0.3, 0.4) is 0 Å². The molecule has 22 heavy (non-hydrogen) atoms. The molecule has 1 aliphatic rings. The number of carbonyl (C=O) groups excluding carboxylic acids is 2. The van der Waals surface area contributed by atoms with Gasteiger partial charge in [0.15, 0.2) is 5.78 Å². The summed E-state index contributed by atoms with van der Waals surface area (Å²) in [4.78, 5) is 24.5. The zero-order valence-corrected chi connectivity index (χ0v) is 12.6. The minimum atomic E-state index is -4.01. The molecule has 0 unspecified atom stereocenters. The first kappa shape index (κ1) is 14.5. The topological polar surface area (TPSA) is 71.5 Å². The Morgan fingerprint density at radius 1 is 1.05 bits per heavy atom. The fourth-order valence-electron chi connectivity index (χ4n) is 2.36. The molecule has 2 aromatic carbocycles. The largest absolute Gasteiger partial charge is 0.292 e. The van der Waals surface area contributed by atoms with Crippen LogP contribution in [0.5, 0.6) is 0 Å². The zero-order valence-electron chi connectivity index (χ0n) is 11.8. The monoisotopic (exact) mass is 315 g/mol. The number of aryl methyl sites for hydroxylation is 1. The highest BCUT2D eigenvalue weighted by Gasteiger charge is 2.39. The molecule has 0 aromatic heterocycles. The normalized spacial score (nSPS) is 16.2. The third kappa shape index (κ3) is 2.21. The van der Waals surface area contributed by atoms with Crippen LogP contribution in [0.25, 0.3) is 0 Å². The Morgan fingerprint density at radius 2 is 1.68 bits per heavy atom. The van der Waals surface area contributed by atoms with Gasteiger partial charge in [0.25, 0.3) is 15.9 Å². The van der Waals surface area contributed by atoms with Gasteiger partial charge in [-0.3, -0.25) is 9.59 Å². The van der Waals surface area contributed by atoms with Crippen LogP contribution in [0, 0.1) is 6.92 Å². The molecule has 0 atom stereocenters. The number of nitrogens with zero attached hydrogens (tertiary/aromatic N) is 1. The second-order valence-electron chi connectivity index (χ2n) is 5.10. The van der Waals surface area contributed by atoms with Crippen LogP contribution in [0.15, 0.2) is 53.4 Å². The number of hydrogen-bond donors (Lipinski definition) is 0. The van der Waals surface area contributed by atoms with Gasteiger partial charge in [0.2, 0.25) is 0 Å². The minimum absolute atomic E-state index is 0.119. The molecule has 0 spiro atoms. The van der Waals surface area contributed by atoms with Gasteiger partial charge in [0.05, 0.1) is 4.90 Å². The van der Waals surface area contributed by atoms with Crippen molar-refractivity contribution in [2.24, 2.45) is 0 Å². The predicted molar refractivity (Wildman–Crippen MR) is 80.2 cm³/mol. The van der Waals surface area contributed by atoms with E-state index in [4.69, 9.17) is 0 Å². The molecule has 0 saturated heterocycles. The summed E-state index contributed by atoms with van der Waals surface area (Å²) in [5.74, 6) is -1.08. The van der Waals surface area contributed by atoms with Crippen LogP contribution in [-0.4, -0.2) is 31.0 Å². The molecule has 0 bridgehead atoms. The molecule has 112 valence electrons. The highest BCUT2D eigenvalue weighted by molar-refractivity contribution is 7.90. The van der Waals surface area contributed by atoms with Crippen LogP contribution < -0.4 is 0 Å². The number of hydrogen-bond acceptors (Lipinski definition) is 4. The Hall–Kier alpha value is -2.47. The molecule has 0 fully saturated rings. The molecule has 1 amide bonds. The fraction of sp³-hybridized carbons (Fsp3) is 0.125. The van der Waals surface area contributed by atoms with Crippen LogP contribution in [0.4, 0.5) is 0 Å². The van der Waals surface area contributed by atoms with E-state index in [1.807, 2.05) is 6.92 Å². The van der Waals surface area contributed by atoms with Crippen molar-refractivity contribution < 1.29 is 18.0 Å². The average Bonchev–Trinajstić information content (AvgIpc) is 2.51. The van der Waals surface area contributed by atoms with E-state index in [1.165, 1.54) is 18.2 Å². The summed E-state index contributed by atoms with van der Waals surface area (Å²) in [6.07, 6.45) is 0. The van der Waals surface area contributed by atoms with Crippen molar-refractivity contribution in [2.45, 2.75) is 11.8 Å². The van der Waals surface area contributed by atoms with Crippen molar-refractivity contribution in [1.29, 1.82) is 0 Å². The number of ketones is 1. The molecule has 0 N–H and O–H groups in total. The van der Waals surface area contributed by atoms with E-state index in [9.17, 15) is 18.0 Å². The van der Waals surface area contributed by atoms with E-state index in [-0.39, 0.29) is 21.8 Å². The summed E-state index contributed by atoms with van der Waals surface area (Å²) in [5, 5.41) is 0. The molecular weight excluding hydrogens is 302 g/mol. The standard InChI is InChI=1S/C16H13NO4S/c1-11-6-8-12(9-7-11)16(19)17-10-14(18)13-4-2-3-5-15(13)22(17,20)21/h2-9H,10H2,1H3. The third-order valence-corrected chi connectivity index (χ3v) is 5.35. The Balaban J connectivity index is 2.08. The van der Waals surface area contributed by atoms with E-state index < -0.39 is 22.5 Å². The Kier molecular flexibility index (Phi) is 3.33. The molecule has 6 heteroatoms. The number of amides is 1. The summed E-state index contributed by atoms with van der Waals surface area (Å²) in [5.41, 5.74) is 1.33. The maximum Gasteiger partial charge on any atom is 0.268 e. The van der Waals surface area contributed by atoms with Crippen molar-refractivity contribution >= 4 is 21.7 Å². The number of fused-ring (bicyclic) bond motifs is 1. The molecule has 3 rings (SSSR count). The number of rotatable bonds is 1. The van der Waals surface area contributed by atoms with Gasteiger partial charge in [-0.05, 0) is 31.2 Å². The Labute approximate surface area is 128 Å². The van der Waals surface area contributed by atoms with Crippen molar-refractivity contribution in [3.8, 4) is 0 Å². The van der Waals surface area contributed by atoms with Gasteiger partial charge in [-0.25, -0.2) is 12.7 Å². The Morgan fingerprint density at radius 3 is 2.36 bits per heavy atom. The maximum atomic E-state index is 12.6. The van der Waals surface area contributed by atoms with Crippen molar-refractivity contribution in [2.75, 3.05) is 6.54 Å². The smallest absolute Gasteiger partial charge is 0.268 e. The molecular formula is C16H13NO4S. The second kappa shape index (κ2) is 5.06. The lowest BCUT2D eigenvalue weighted by Crippen LogP contribution is -2.44. The summed E-state index contributed by atoms with van der Waals surface area (Å²) < 4.78 is 25.8. The number of benzene rings is 2. The molecule has 5 nitrogen and oxygen atoms in total. The van der Waals surface area contributed by atoms with Gasteiger partial charge >= 0.3 is 0 Å². The van der Waals surface area contributed by atoms with Gasteiger partial charge in [-0.15, -0.1) is 0 Å².